The minimum atomic E-state index is -0.363. The number of hydrogen-bond acceptors (Lipinski definition) is 5. The quantitative estimate of drug-likeness (QED) is 0.748. The van der Waals surface area contributed by atoms with Gasteiger partial charge in [-0.3, -0.25) is 0 Å². The van der Waals surface area contributed by atoms with Crippen molar-refractivity contribution in [2.24, 2.45) is 5.73 Å². The van der Waals surface area contributed by atoms with Gasteiger partial charge in [0.05, 0.1) is 18.7 Å². The summed E-state index contributed by atoms with van der Waals surface area (Å²) in [7, 11) is 1.70. The molecule has 3 aromatic rings. The number of nitrogens with two attached hydrogens (primary N) is 1. The lowest BCUT2D eigenvalue weighted by molar-refractivity contribution is -0.202. The molecule has 1 aromatic heterocycles. The summed E-state index contributed by atoms with van der Waals surface area (Å²) >= 11 is 0. The Morgan fingerprint density at radius 2 is 1.93 bits per heavy atom. The summed E-state index contributed by atoms with van der Waals surface area (Å²) in [4.78, 5) is 4.63. The number of aromatic nitrogens is 1. The van der Waals surface area contributed by atoms with Crippen molar-refractivity contribution in [3.63, 3.8) is 0 Å². The Hall–Kier alpha value is -2.78. The maximum atomic E-state index is 9.68. The van der Waals surface area contributed by atoms with Crippen molar-refractivity contribution in [3.8, 4) is 17.2 Å². The van der Waals surface area contributed by atoms with Gasteiger partial charge in [-0.25, -0.2) is 4.98 Å². The molecule has 0 aliphatic carbocycles. The summed E-state index contributed by atoms with van der Waals surface area (Å²) in [5.41, 5.74) is 12.0. The van der Waals surface area contributed by atoms with Gasteiger partial charge in [0, 0.05) is 24.1 Å². The highest BCUT2D eigenvalue weighted by Crippen LogP contribution is 2.35. The molecule has 1 atom stereocenters. The Bertz CT molecular complexity index is 1070. The molecular formula is C23H23N3O2. The molecule has 28 heavy (non-hydrogen) atoms. The number of rotatable bonds is 4. The van der Waals surface area contributed by atoms with Gasteiger partial charge in [-0.2, -0.15) is 5.26 Å². The van der Waals surface area contributed by atoms with E-state index in [-0.39, 0.29) is 11.6 Å². The maximum absolute atomic E-state index is 9.68. The Morgan fingerprint density at radius 1 is 1.21 bits per heavy atom. The minimum Gasteiger partial charge on any atom is -0.375 e. The van der Waals surface area contributed by atoms with E-state index in [9.17, 15) is 5.26 Å². The van der Waals surface area contributed by atoms with Crippen LogP contribution in [0.2, 0.25) is 0 Å². The molecule has 0 spiro atoms. The molecule has 2 N–H and O–H groups in total. The first-order valence-corrected chi connectivity index (χ1v) is 9.32. The molecule has 1 aliphatic rings. The molecule has 4 rings (SSSR count). The molecule has 5 nitrogen and oxygen atoms in total. The first kappa shape index (κ1) is 18.6. The number of aryl methyl sites for hydroxylation is 1. The van der Waals surface area contributed by atoms with Crippen molar-refractivity contribution in [1.29, 1.82) is 5.26 Å². The second-order valence-electron chi connectivity index (χ2n) is 7.47. The second-order valence-corrected chi connectivity index (χ2v) is 7.47. The van der Waals surface area contributed by atoms with E-state index in [0.717, 1.165) is 38.7 Å². The largest absolute Gasteiger partial charge is 0.375 e. The van der Waals surface area contributed by atoms with Crippen molar-refractivity contribution in [2.45, 2.75) is 25.5 Å². The predicted molar refractivity (Wildman–Crippen MR) is 109 cm³/mol. The van der Waals surface area contributed by atoms with Crippen LogP contribution in [0.3, 0.4) is 0 Å². The average molecular weight is 373 g/mol. The van der Waals surface area contributed by atoms with E-state index in [1.165, 1.54) is 0 Å². The standard InChI is InChI=1S/C23H23N3O2/c1-14-8-18(15(2)25)20-10-19(22(11-24)26-21(20)9-14)16-4-6-17(7-5-16)23(27-3)12-28-13-23/h4-10,15H,12-13,25H2,1-3H3. The summed E-state index contributed by atoms with van der Waals surface area (Å²) in [6.07, 6.45) is 0. The molecule has 1 unspecified atom stereocenters. The number of nitriles is 1. The van der Waals surface area contributed by atoms with Crippen LogP contribution in [0, 0.1) is 18.3 Å². The molecule has 0 saturated carbocycles. The highest BCUT2D eigenvalue weighted by Gasteiger charge is 2.40. The normalized spacial score (nSPS) is 16.4. The van der Waals surface area contributed by atoms with Crippen molar-refractivity contribution < 1.29 is 9.47 Å². The van der Waals surface area contributed by atoms with Crippen LogP contribution in [0.25, 0.3) is 22.0 Å². The molecular weight excluding hydrogens is 350 g/mol. The Kier molecular flexibility index (Phi) is 4.64. The topological polar surface area (TPSA) is 81.2 Å². The first-order valence-electron chi connectivity index (χ1n) is 9.32. The third kappa shape index (κ3) is 2.96. The third-order valence-electron chi connectivity index (χ3n) is 5.49. The number of hydrogen-bond donors (Lipinski definition) is 1. The zero-order valence-corrected chi connectivity index (χ0v) is 16.3. The molecule has 1 saturated heterocycles. The van der Waals surface area contributed by atoms with E-state index < -0.39 is 0 Å². The monoisotopic (exact) mass is 373 g/mol. The molecule has 1 fully saturated rings. The van der Waals surface area contributed by atoms with Gasteiger partial charge in [-0.15, -0.1) is 0 Å². The van der Waals surface area contributed by atoms with Crippen LogP contribution in [0.4, 0.5) is 0 Å². The summed E-state index contributed by atoms with van der Waals surface area (Å²) in [5.74, 6) is 0. The predicted octanol–water partition coefficient (Wildman–Crippen LogP) is 3.97. The van der Waals surface area contributed by atoms with Crippen LogP contribution in [0.15, 0.2) is 42.5 Å². The third-order valence-corrected chi connectivity index (χ3v) is 5.49. The summed E-state index contributed by atoms with van der Waals surface area (Å²) < 4.78 is 11.0. The van der Waals surface area contributed by atoms with Crippen LogP contribution in [0.5, 0.6) is 0 Å². The highest BCUT2D eigenvalue weighted by molar-refractivity contribution is 5.89. The van der Waals surface area contributed by atoms with Crippen molar-refractivity contribution >= 4 is 10.9 Å². The number of fused-ring (bicyclic) bond motifs is 1. The maximum Gasteiger partial charge on any atom is 0.149 e. The zero-order chi connectivity index (χ0) is 19.9. The molecule has 2 aromatic carbocycles. The summed E-state index contributed by atoms with van der Waals surface area (Å²) in [6.45, 7) is 5.09. The van der Waals surface area contributed by atoms with Crippen LogP contribution in [-0.2, 0) is 15.1 Å². The number of methoxy groups -OCH3 is 1. The first-order chi connectivity index (χ1) is 13.5. The number of benzene rings is 2. The molecule has 142 valence electrons. The van der Waals surface area contributed by atoms with E-state index in [2.05, 4.69) is 17.1 Å². The summed E-state index contributed by atoms with van der Waals surface area (Å²) in [6, 6.07) is 16.3. The molecule has 0 bridgehead atoms. The lowest BCUT2D eigenvalue weighted by atomic mass is 9.89. The highest BCUT2D eigenvalue weighted by atomic mass is 16.6. The smallest absolute Gasteiger partial charge is 0.149 e. The fourth-order valence-corrected chi connectivity index (χ4v) is 3.77. The molecule has 1 aliphatic heterocycles. The van der Waals surface area contributed by atoms with Gasteiger partial charge in [0.25, 0.3) is 0 Å². The zero-order valence-electron chi connectivity index (χ0n) is 16.3. The van der Waals surface area contributed by atoms with Gasteiger partial charge in [0.1, 0.15) is 17.4 Å². The number of pyridine rings is 1. The van der Waals surface area contributed by atoms with E-state index in [4.69, 9.17) is 15.2 Å². The van der Waals surface area contributed by atoms with E-state index in [1.54, 1.807) is 7.11 Å². The second kappa shape index (κ2) is 6.99. The Morgan fingerprint density at radius 3 is 2.46 bits per heavy atom. The van der Waals surface area contributed by atoms with Crippen LogP contribution >= 0.6 is 0 Å². The Balaban J connectivity index is 1.85. The average Bonchev–Trinajstić information content (AvgIpc) is 2.66. The van der Waals surface area contributed by atoms with Gasteiger partial charge < -0.3 is 15.2 Å². The van der Waals surface area contributed by atoms with E-state index in [0.29, 0.717) is 18.9 Å². The number of nitrogens with zero attached hydrogens (tertiary/aromatic N) is 2. The van der Waals surface area contributed by atoms with Gasteiger partial charge in [0.2, 0.25) is 0 Å². The lowest BCUT2D eigenvalue weighted by Crippen LogP contribution is -2.48. The fourth-order valence-electron chi connectivity index (χ4n) is 3.77. The lowest BCUT2D eigenvalue weighted by Gasteiger charge is -2.40. The molecule has 0 radical (unpaired) electrons. The summed E-state index contributed by atoms with van der Waals surface area (Å²) in [5, 5.41) is 10.7. The minimum absolute atomic E-state index is 0.118. The van der Waals surface area contributed by atoms with Crippen molar-refractivity contribution in [2.75, 3.05) is 20.3 Å². The van der Waals surface area contributed by atoms with E-state index in [1.807, 2.05) is 50.2 Å². The molecule has 0 amide bonds. The SMILES string of the molecule is COC1(c2ccc(-c3cc4c(C(C)N)cc(C)cc4nc3C#N)cc2)COC1. The van der Waals surface area contributed by atoms with E-state index >= 15 is 0 Å². The van der Waals surface area contributed by atoms with Crippen molar-refractivity contribution in [1.82, 2.24) is 4.98 Å². The Labute approximate surface area is 164 Å². The fraction of sp³-hybridized carbons (Fsp3) is 0.304. The van der Waals surface area contributed by atoms with Gasteiger partial charge in [-0.05, 0) is 48.2 Å². The van der Waals surface area contributed by atoms with Crippen molar-refractivity contribution in [3.05, 3.63) is 64.8 Å². The number of ether oxygens (including phenoxy) is 2. The van der Waals surface area contributed by atoms with Gasteiger partial charge in [-0.1, -0.05) is 30.3 Å². The molecule has 5 heteroatoms. The van der Waals surface area contributed by atoms with Gasteiger partial charge in [0.15, 0.2) is 0 Å². The van der Waals surface area contributed by atoms with Crippen LogP contribution in [-0.4, -0.2) is 25.3 Å². The van der Waals surface area contributed by atoms with Crippen LogP contribution in [0.1, 0.15) is 35.3 Å². The van der Waals surface area contributed by atoms with Crippen LogP contribution < -0.4 is 5.73 Å². The van der Waals surface area contributed by atoms with Gasteiger partial charge >= 0.3 is 0 Å². The molecule has 2 heterocycles.